The van der Waals surface area contributed by atoms with Crippen molar-refractivity contribution in [3.63, 3.8) is 0 Å². The van der Waals surface area contributed by atoms with Gasteiger partial charge < -0.3 is 21.3 Å². The summed E-state index contributed by atoms with van der Waals surface area (Å²) in [6.45, 7) is 2.38. The highest BCUT2D eigenvalue weighted by Crippen LogP contribution is 2.26. The summed E-state index contributed by atoms with van der Waals surface area (Å²) in [6.07, 6.45) is 2.92. The number of likely N-dealkylation sites (N-methyl/N-ethyl adjacent to an activating group) is 1. The number of nitrogens with two attached hydrogens (primary N) is 1. The summed E-state index contributed by atoms with van der Waals surface area (Å²) in [5.74, 6) is -3.39. The second kappa shape index (κ2) is 14.3. The Morgan fingerprint density at radius 2 is 1.46 bits per heavy atom. The first-order valence-electron chi connectivity index (χ1n) is 12.2. The SMILES string of the molecule is CCN(CCN(CC(=O)O)CC(=O)O)CC(=O)NCc1ccc(C(=O)NNC(=O)C2(N)CCCC2)cc1. The minimum absolute atomic E-state index is 0.0628. The molecule has 0 atom stereocenters. The molecule has 204 valence electrons. The normalized spacial score (nSPS) is 14.4. The zero-order valence-electron chi connectivity index (χ0n) is 21.0. The lowest BCUT2D eigenvalue weighted by molar-refractivity contribution is -0.142. The fourth-order valence-electron chi connectivity index (χ4n) is 4.01. The Morgan fingerprint density at radius 3 is 2.00 bits per heavy atom. The monoisotopic (exact) mass is 520 g/mol. The van der Waals surface area contributed by atoms with Gasteiger partial charge in [0.05, 0.1) is 25.2 Å². The Morgan fingerprint density at radius 1 is 0.892 bits per heavy atom. The van der Waals surface area contributed by atoms with Crippen molar-refractivity contribution in [2.24, 2.45) is 5.73 Å². The number of rotatable bonds is 14. The van der Waals surface area contributed by atoms with Crippen LogP contribution in [-0.2, 0) is 25.7 Å². The van der Waals surface area contributed by atoms with E-state index in [1.54, 1.807) is 29.2 Å². The predicted octanol–water partition coefficient (Wildman–Crippen LogP) is -0.872. The van der Waals surface area contributed by atoms with E-state index in [0.29, 0.717) is 31.5 Å². The van der Waals surface area contributed by atoms with Crippen molar-refractivity contribution in [2.45, 2.75) is 44.7 Å². The van der Waals surface area contributed by atoms with Crippen LogP contribution in [0.4, 0.5) is 0 Å². The maximum Gasteiger partial charge on any atom is 0.317 e. The summed E-state index contributed by atoms with van der Waals surface area (Å²) in [6, 6.07) is 6.53. The van der Waals surface area contributed by atoms with E-state index in [1.807, 2.05) is 6.92 Å². The molecule has 0 spiro atoms. The molecule has 0 bridgehead atoms. The summed E-state index contributed by atoms with van der Waals surface area (Å²) in [4.78, 5) is 61.8. The number of hydrogen-bond acceptors (Lipinski definition) is 8. The third kappa shape index (κ3) is 10.1. The Balaban J connectivity index is 1.76. The average Bonchev–Trinajstić information content (AvgIpc) is 3.30. The quantitative estimate of drug-likeness (QED) is 0.168. The summed E-state index contributed by atoms with van der Waals surface area (Å²) < 4.78 is 0. The fourth-order valence-corrected chi connectivity index (χ4v) is 4.01. The van der Waals surface area contributed by atoms with Gasteiger partial charge in [0, 0.05) is 25.2 Å². The first kappa shape index (κ1) is 29.7. The summed E-state index contributed by atoms with van der Waals surface area (Å²) >= 11 is 0. The molecule has 1 aromatic carbocycles. The van der Waals surface area contributed by atoms with Crippen LogP contribution in [0, 0.1) is 0 Å². The van der Waals surface area contributed by atoms with Gasteiger partial charge in [0.15, 0.2) is 0 Å². The van der Waals surface area contributed by atoms with Crippen molar-refractivity contribution >= 4 is 29.7 Å². The van der Waals surface area contributed by atoms with Gasteiger partial charge in [0.1, 0.15) is 0 Å². The molecule has 1 aliphatic rings. The van der Waals surface area contributed by atoms with Crippen molar-refractivity contribution in [2.75, 3.05) is 39.3 Å². The molecular formula is C24H36N6O7. The molecular weight excluding hydrogens is 484 g/mol. The molecule has 0 saturated heterocycles. The molecule has 1 aromatic rings. The Labute approximate surface area is 215 Å². The van der Waals surface area contributed by atoms with E-state index in [-0.39, 0.29) is 25.5 Å². The van der Waals surface area contributed by atoms with Crippen LogP contribution in [0.15, 0.2) is 24.3 Å². The predicted molar refractivity (Wildman–Crippen MR) is 133 cm³/mol. The third-order valence-electron chi connectivity index (χ3n) is 6.21. The second-order valence-electron chi connectivity index (χ2n) is 9.11. The topological polar surface area (TPSA) is 194 Å². The average molecular weight is 521 g/mol. The smallest absolute Gasteiger partial charge is 0.317 e. The first-order chi connectivity index (χ1) is 17.5. The van der Waals surface area contributed by atoms with Gasteiger partial charge in [-0.05, 0) is 37.1 Å². The first-order valence-corrected chi connectivity index (χ1v) is 12.2. The number of hydrazine groups is 1. The molecule has 13 nitrogen and oxygen atoms in total. The van der Waals surface area contributed by atoms with Crippen molar-refractivity contribution < 1.29 is 34.2 Å². The standard InChI is InChI=1S/C24H36N6O7/c1-2-29(11-12-30(15-20(32)33)16-21(34)35)14-19(31)26-13-17-5-7-18(8-6-17)22(36)27-28-23(37)24(25)9-3-4-10-24/h5-8H,2-4,9-16,25H2,1H3,(H,26,31)(H,27,36)(H,28,37)(H,32,33)(H,34,35). The van der Waals surface area contributed by atoms with E-state index in [0.717, 1.165) is 18.4 Å². The van der Waals surface area contributed by atoms with Gasteiger partial charge >= 0.3 is 11.9 Å². The van der Waals surface area contributed by atoms with E-state index in [1.165, 1.54) is 4.90 Å². The van der Waals surface area contributed by atoms with Crippen LogP contribution in [0.25, 0.3) is 0 Å². The highest BCUT2D eigenvalue weighted by Gasteiger charge is 2.37. The Hall–Kier alpha value is -3.55. The van der Waals surface area contributed by atoms with Crippen LogP contribution < -0.4 is 21.9 Å². The maximum absolute atomic E-state index is 12.4. The molecule has 1 saturated carbocycles. The number of carbonyl (C=O) groups is 5. The molecule has 3 amide bonds. The Kier molecular flexibility index (Phi) is 11.4. The molecule has 0 aromatic heterocycles. The van der Waals surface area contributed by atoms with Gasteiger partial charge in [-0.25, -0.2) is 0 Å². The van der Waals surface area contributed by atoms with Gasteiger partial charge in [-0.1, -0.05) is 31.9 Å². The molecule has 37 heavy (non-hydrogen) atoms. The zero-order chi connectivity index (χ0) is 27.4. The van der Waals surface area contributed by atoms with Gasteiger partial charge in [-0.3, -0.25) is 44.6 Å². The van der Waals surface area contributed by atoms with Crippen LogP contribution in [-0.4, -0.2) is 94.5 Å². The van der Waals surface area contributed by atoms with Crippen LogP contribution >= 0.6 is 0 Å². The summed E-state index contributed by atoms with van der Waals surface area (Å²) in [7, 11) is 0. The minimum atomic E-state index is -1.12. The third-order valence-corrected chi connectivity index (χ3v) is 6.21. The maximum atomic E-state index is 12.4. The highest BCUT2D eigenvalue weighted by molar-refractivity contribution is 5.96. The molecule has 2 rings (SSSR count). The lowest BCUT2D eigenvalue weighted by atomic mass is 9.99. The number of carboxylic acid groups (broad SMARTS) is 2. The molecule has 13 heteroatoms. The number of aliphatic carboxylic acids is 2. The lowest BCUT2D eigenvalue weighted by Gasteiger charge is -2.24. The number of carboxylic acids is 2. The van der Waals surface area contributed by atoms with Crippen molar-refractivity contribution in [3.05, 3.63) is 35.4 Å². The highest BCUT2D eigenvalue weighted by atomic mass is 16.4. The largest absolute Gasteiger partial charge is 0.480 e. The second-order valence-corrected chi connectivity index (χ2v) is 9.11. The lowest BCUT2D eigenvalue weighted by Crippen LogP contribution is -2.56. The van der Waals surface area contributed by atoms with E-state index in [4.69, 9.17) is 15.9 Å². The zero-order valence-corrected chi connectivity index (χ0v) is 21.0. The number of nitrogens with zero attached hydrogens (tertiary/aromatic N) is 2. The molecule has 0 unspecified atom stereocenters. The number of amides is 3. The van der Waals surface area contributed by atoms with Crippen LogP contribution in [0.2, 0.25) is 0 Å². The van der Waals surface area contributed by atoms with Crippen LogP contribution in [0.3, 0.4) is 0 Å². The molecule has 1 fully saturated rings. The molecule has 0 heterocycles. The number of hydrogen-bond donors (Lipinski definition) is 6. The van der Waals surface area contributed by atoms with Gasteiger partial charge in [-0.2, -0.15) is 0 Å². The van der Waals surface area contributed by atoms with E-state index < -0.39 is 42.4 Å². The minimum Gasteiger partial charge on any atom is -0.480 e. The van der Waals surface area contributed by atoms with Crippen molar-refractivity contribution in [3.8, 4) is 0 Å². The molecule has 7 N–H and O–H groups in total. The van der Waals surface area contributed by atoms with E-state index in [2.05, 4.69) is 16.2 Å². The van der Waals surface area contributed by atoms with Gasteiger partial charge in [0.25, 0.3) is 11.8 Å². The summed E-state index contributed by atoms with van der Waals surface area (Å²) in [5.41, 5.74) is 11.0. The molecule has 0 aliphatic heterocycles. The number of carbonyl (C=O) groups excluding carboxylic acids is 3. The van der Waals surface area contributed by atoms with E-state index in [9.17, 15) is 24.0 Å². The molecule has 0 radical (unpaired) electrons. The van der Waals surface area contributed by atoms with Crippen LogP contribution in [0.1, 0.15) is 48.5 Å². The Bertz CT molecular complexity index is 947. The van der Waals surface area contributed by atoms with Crippen LogP contribution in [0.5, 0.6) is 0 Å². The van der Waals surface area contributed by atoms with Crippen molar-refractivity contribution in [1.82, 2.24) is 26.0 Å². The number of nitrogens with one attached hydrogen (secondary N) is 3. The fraction of sp³-hybridized carbons (Fsp3) is 0.542. The van der Waals surface area contributed by atoms with Gasteiger partial charge in [-0.15, -0.1) is 0 Å². The number of benzene rings is 1. The van der Waals surface area contributed by atoms with Gasteiger partial charge in [0.2, 0.25) is 5.91 Å². The molecule has 1 aliphatic carbocycles. The summed E-state index contributed by atoms with van der Waals surface area (Å²) in [5, 5.41) is 20.7. The van der Waals surface area contributed by atoms with Crippen molar-refractivity contribution in [1.29, 1.82) is 0 Å². The van der Waals surface area contributed by atoms with E-state index >= 15 is 0 Å².